The molecular weight excluding hydrogens is 288 g/mol. The second-order valence-corrected chi connectivity index (χ2v) is 5.76. The molecule has 0 radical (unpaired) electrons. The molecule has 0 aliphatic carbocycles. The average Bonchev–Trinajstić information content (AvgIpc) is 2.52. The lowest BCUT2D eigenvalue weighted by molar-refractivity contribution is 1.34. The summed E-state index contributed by atoms with van der Waals surface area (Å²) in [5.74, 6) is 0. The molecule has 2 nitrogen and oxygen atoms in total. The van der Waals surface area contributed by atoms with Crippen LogP contribution >= 0.6 is 12.2 Å². The number of hydrogen-bond acceptors (Lipinski definition) is 1. The summed E-state index contributed by atoms with van der Waals surface area (Å²) in [6.07, 6.45) is 0. The van der Waals surface area contributed by atoms with Gasteiger partial charge < -0.3 is 10.6 Å². The molecule has 0 spiro atoms. The van der Waals surface area contributed by atoms with Gasteiger partial charge in [-0.2, -0.15) is 0 Å². The van der Waals surface area contributed by atoms with E-state index in [2.05, 4.69) is 48.7 Å². The fraction of sp³-hybridized carbons (Fsp3) is 0.105. The van der Waals surface area contributed by atoms with Gasteiger partial charge in [0, 0.05) is 16.8 Å². The minimum Gasteiger partial charge on any atom is -0.332 e. The van der Waals surface area contributed by atoms with Crippen molar-refractivity contribution in [3.63, 3.8) is 0 Å². The third kappa shape index (κ3) is 2.95. The van der Waals surface area contributed by atoms with Crippen molar-refractivity contribution >= 4 is 39.5 Å². The maximum absolute atomic E-state index is 5.46. The molecular formula is C19H18N2S. The maximum Gasteiger partial charge on any atom is 0.175 e. The van der Waals surface area contributed by atoms with Crippen LogP contribution in [0.1, 0.15) is 11.1 Å². The molecule has 0 aliphatic heterocycles. The van der Waals surface area contributed by atoms with Gasteiger partial charge in [0.15, 0.2) is 5.11 Å². The predicted octanol–water partition coefficient (Wildman–Crippen LogP) is 5.27. The van der Waals surface area contributed by atoms with Gasteiger partial charge in [-0.1, -0.05) is 48.5 Å². The van der Waals surface area contributed by atoms with Crippen LogP contribution in [0.15, 0.2) is 60.7 Å². The lowest BCUT2D eigenvalue weighted by atomic mass is 10.1. The van der Waals surface area contributed by atoms with Crippen LogP contribution in [-0.4, -0.2) is 5.11 Å². The maximum atomic E-state index is 5.46. The Balaban J connectivity index is 1.83. The third-order valence-electron chi connectivity index (χ3n) is 3.89. The minimum absolute atomic E-state index is 0.602. The Bertz CT molecular complexity index is 834. The van der Waals surface area contributed by atoms with Gasteiger partial charge in [0.05, 0.1) is 0 Å². The molecule has 0 aromatic heterocycles. The van der Waals surface area contributed by atoms with Gasteiger partial charge in [0.2, 0.25) is 0 Å². The number of hydrogen-bond donors (Lipinski definition) is 2. The third-order valence-corrected chi connectivity index (χ3v) is 4.09. The molecule has 3 aromatic carbocycles. The molecule has 0 saturated carbocycles. The van der Waals surface area contributed by atoms with E-state index in [0.29, 0.717) is 5.11 Å². The molecule has 3 heteroatoms. The number of benzene rings is 3. The first-order valence-corrected chi connectivity index (χ1v) is 7.68. The largest absolute Gasteiger partial charge is 0.332 e. The van der Waals surface area contributed by atoms with Crippen molar-refractivity contribution < 1.29 is 0 Å². The van der Waals surface area contributed by atoms with E-state index >= 15 is 0 Å². The Kier molecular flexibility index (Phi) is 4.07. The van der Waals surface area contributed by atoms with E-state index < -0.39 is 0 Å². The van der Waals surface area contributed by atoms with E-state index in [-0.39, 0.29) is 0 Å². The molecule has 0 aliphatic rings. The Morgan fingerprint density at radius 2 is 1.41 bits per heavy atom. The number of aryl methyl sites for hydroxylation is 1. The lowest BCUT2D eigenvalue weighted by Gasteiger charge is -2.15. The van der Waals surface area contributed by atoms with Crippen LogP contribution in [0.4, 0.5) is 11.4 Å². The molecule has 3 rings (SSSR count). The molecule has 0 bridgehead atoms. The summed E-state index contributed by atoms with van der Waals surface area (Å²) >= 11 is 5.46. The normalized spacial score (nSPS) is 10.5. The highest BCUT2D eigenvalue weighted by Crippen LogP contribution is 2.24. The molecule has 0 saturated heterocycles. The van der Waals surface area contributed by atoms with E-state index in [0.717, 1.165) is 16.8 Å². The number of thiocarbonyl (C=S) groups is 1. The Morgan fingerprint density at radius 1 is 0.773 bits per heavy atom. The van der Waals surface area contributed by atoms with Crippen molar-refractivity contribution in [1.82, 2.24) is 0 Å². The Morgan fingerprint density at radius 3 is 2.27 bits per heavy atom. The predicted molar refractivity (Wildman–Crippen MR) is 99.7 cm³/mol. The zero-order valence-electron chi connectivity index (χ0n) is 12.7. The standard InChI is InChI=1S/C19H18N2S/c1-13-7-5-11-17(14(13)2)20-19(22)21-18-12-6-9-15-8-3-4-10-16(15)18/h3-12H,1-2H3,(H2,20,21,22). The van der Waals surface area contributed by atoms with Gasteiger partial charge in [-0.25, -0.2) is 0 Å². The van der Waals surface area contributed by atoms with Gasteiger partial charge in [-0.3, -0.25) is 0 Å². The topological polar surface area (TPSA) is 24.1 Å². The van der Waals surface area contributed by atoms with Crippen molar-refractivity contribution in [2.75, 3.05) is 10.6 Å². The first kappa shape index (κ1) is 14.5. The number of anilines is 2. The molecule has 2 N–H and O–H groups in total. The van der Waals surface area contributed by atoms with Crippen molar-refractivity contribution in [2.45, 2.75) is 13.8 Å². The molecule has 22 heavy (non-hydrogen) atoms. The second-order valence-electron chi connectivity index (χ2n) is 5.35. The Hall–Kier alpha value is -2.39. The summed E-state index contributed by atoms with van der Waals surface area (Å²) in [5, 5.41) is 9.55. The average molecular weight is 306 g/mol. The van der Waals surface area contributed by atoms with Crippen molar-refractivity contribution in [2.24, 2.45) is 0 Å². The SMILES string of the molecule is Cc1cccc(NC(=S)Nc2cccc3ccccc23)c1C. The molecule has 3 aromatic rings. The van der Waals surface area contributed by atoms with Crippen LogP contribution in [0.2, 0.25) is 0 Å². The fourth-order valence-electron chi connectivity index (χ4n) is 2.50. The van der Waals surface area contributed by atoms with Crippen LogP contribution in [0, 0.1) is 13.8 Å². The van der Waals surface area contributed by atoms with Crippen LogP contribution in [0.25, 0.3) is 10.8 Å². The first-order valence-electron chi connectivity index (χ1n) is 7.27. The molecule has 0 atom stereocenters. The highest BCUT2D eigenvalue weighted by Gasteiger charge is 2.05. The number of fused-ring (bicyclic) bond motifs is 1. The lowest BCUT2D eigenvalue weighted by Crippen LogP contribution is -2.19. The van der Waals surface area contributed by atoms with Gasteiger partial charge in [-0.15, -0.1) is 0 Å². The monoisotopic (exact) mass is 306 g/mol. The molecule has 110 valence electrons. The minimum atomic E-state index is 0.602. The first-order chi connectivity index (χ1) is 10.6. The quantitative estimate of drug-likeness (QED) is 0.631. The highest BCUT2D eigenvalue weighted by molar-refractivity contribution is 7.80. The van der Waals surface area contributed by atoms with Crippen molar-refractivity contribution in [3.8, 4) is 0 Å². The van der Waals surface area contributed by atoms with Crippen LogP contribution in [-0.2, 0) is 0 Å². The summed E-state index contributed by atoms with van der Waals surface area (Å²) < 4.78 is 0. The van der Waals surface area contributed by atoms with Crippen LogP contribution < -0.4 is 10.6 Å². The van der Waals surface area contributed by atoms with E-state index in [9.17, 15) is 0 Å². The van der Waals surface area contributed by atoms with Crippen LogP contribution in [0.5, 0.6) is 0 Å². The zero-order valence-corrected chi connectivity index (χ0v) is 13.5. The second kappa shape index (κ2) is 6.16. The van der Waals surface area contributed by atoms with E-state index in [1.165, 1.54) is 16.5 Å². The highest BCUT2D eigenvalue weighted by atomic mass is 32.1. The zero-order chi connectivity index (χ0) is 15.5. The van der Waals surface area contributed by atoms with Gasteiger partial charge in [0.1, 0.15) is 0 Å². The van der Waals surface area contributed by atoms with Gasteiger partial charge in [0.25, 0.3) is 0 Å². The summed E-state index contributed by atoms with van der Waals surface area (Å²) in [5.41, 5.74) is 4.51. The van der Waals surface area contributed by atoms with Crippen molar-refractivity contribution in [1.29, 1.82) is 0 Å². The Labute approximate surface area is 136 Å². The molecule has 0 heterocycles. The van der Waals surface area contributed by atoms with E-state index in [4.69, 9.17) is 12.2 Å². The van der Waals surface area contributed by atoms with E-state index in [1.54, 1.807) is 0 Å². The van der Waals surface area contributed by atoms with Gasteiger partial charge >= 0.3 is 0 Å². The van der Waals surface area contributed by atoms with Gasteiger partial charge in [-0.05, 0) is 54.7 Å². The van der Waals surface area contributed by atoms with Crippen molar-refractivity contribution in [3.05, 3.63) is 71.8 Å². The van der Waals surface area contributed by atoms with Crippen LogP contribution in [0.3, 0.4) is 0 Å². The summed E-state index contributed by atoms with van der Waals surface area (Å²) in [6, 6.07) is 20.6. The molecule has 0 fully saturated rings. The molecule has 0 unspecified atom stereocenters. The summed E-state index contributed by atoms with van der Waals surface area (Å²) in [4.78, 5) is 0. The molecule has 0 amide bonds. The number of nitrogens with one attached hydrogen (secondary N) is 2. The summed E-state index contributed by atoms with van der Waals surface area (Å²) in [6.45, 7) is 4.19. The van der Waals surface area contributed by atoms with E-state index in [1.807, 2.05) is 36.4 Å². The smallest absolute Gasteiger partial charge is 0.175 e. The number of rotatable bonds is 2. The fourth-order valence-corrected chi connectivity index (χ4v) is 2.72. The summed E-state index contributed by atoms with van der Waals surface area (Å²) in [7, 11) is 0.